The molecule has 98 valence electrons. The molecule has 0 aromatic carbocycles. The van der Waals surface area contributed by atoms with E-state index in [-0.39, 0.29) is 0 Å². The van der Waals surface area contributed by atoms with Crippen molar-refractivity contribution in [1.82, 2.24) is 4.98 Å². The summed E-state index contributed by atoms with van der Waals surface area (Å²) in [5, 5.41) is 13.1. The second-order valence-electron chi connectivity index (χ2n) is 4.27. The molecule has 1 rings (SSSR count). The summed E-state index contributed by atoms with van der Waals surface area (Å²) in [4.78, 5) is 4.36. The van der Waals surface area contributed by atoms with Gasteiger partial charge in [-0.15, -0.1) is 11.3 Å². The number of aliphatic hydroxyl groups is 1. The van der Waals surface area contributed by atoms with Crippen molar-refractivity contribution in [3.8, 4) is 0 Å². The standard InChI is InChI=1S/C15H21NOS/c1-5-13(6-2)7-8-15(17)11(3)9-14-10-18-12(4)16-14/h5,7,9-10,15,17H,1,6,8H2,2-4H3/b11-9+,13-7+. The van der Waals surface area contributed by atoms with Crippen LogP contribution >= 0.6 is 11.3 Å². The van der Waals surface area contributed by atoms with Gasteiger partial charge in [0.2, 0.25) is 0 Å². The molecule has 1 unspecified atom stereocenters. The molecule has 18 heavy (non-hydrogen) atoms. The smallest absolute Gasteiger partial charge is 0.0901 e. The molecule has 0 fully saturated rings. The van der Waals surface area contributed by atoms with Crippen molar-refractivity contribution in [2.24, 2.45) is 0 Å². The van der Waals surface area contributed by atoms with Gasteiger partial charge >= 0.3 is 0 Å². The van der Waals surface area contributed by atoms with Gasteiger partial charge in [0.15, 0.2) is 0 Å². The van der Waals surface area contributed by atoms with Crippen LogP contribution in [0.1, 0.15) is 37.4 Å². The highest BCUT2D eigenvalue weighted by atomic mass is 32.1. The molecule has 1 N–H and O–H groups in total. The van der Waals surface area contributed by atoms with Crippen LogP contribution in [0.15, 0.2) is 35.3 Å². The van der Waals surface area contributed by atoms with E-state index in [9.17, 15) is 5.11 Å². The highest BCUT2D eigenvalue weighted by molar-refractivity contribution is 7.09. The summed E-state index contributed by atoms with van der Waals surface area (Å²) in [6.45, 7) is 9.75. The monoisotopic (exact) mass is 263 g/mol. The Labute approximate surface area is 113 Å². The summed E-state index contributed by atoms with van der Waals surface area (Å²) in [6, 6.07) is 0. The molecule has 1 aromatic heterocycles. The van der Waals surface area contributed by atoms with E-state index in [1.165, 1.54) is 5.57 Å². The van der Waals surface area contributed by atoms with Crippen LogP contribution in [0.25, 0.3) is 6.08 Å². The number of hydrogen-bond acceptors (Lipinski definition) is 3. The third-order valence-corrected chi connectivity index (χ3v) is 3.60. The molecule has 1 atom stereocenters. The third-order valence-electron chi connectivity index (χ3n) is 2.81. The molecule has 0 saturated carbocycles. The van der Waals surface area contributed by atoms with Crippen LogP contribution in [-0.2, 0) is 0 Å². The fraction of sp³-hybridized carbons (Fsp3) is 0.400. The molecule has 1 heterocycles. The van der Waals surface area contributed by atoms with Crippen molar-refractivity contribution in [2.75, 3.05) is 0 Å². The third kappa shape index (κ3) is 4.59. The van der Waals surface area contributed by atoms with E-state index in [2.05, 4.69) is 18.5 Å². The van der Waals surface area contributed by atoms with Crippen molar-refractivity contribution in [1.29, 1.82) is 0 Å². The van der Waals surface area contributed by atoms with Gasteiger partial charge in [0.05, 0.1) is 16.8 Å². The first-order valence-electron chi connectivity index (χ1n) is 6.16. The lowest BCUT2D eigenvalue weighted by Crippen LogP contribution is -2.06. The van der Waals surface area contributed by atoms with Crippen LogP contribution in [0.5, 0.6) is 0 Å². The van der Waals surface area contributed by atoms with Crippen molar-refractivity contribution in [3.63, 3.8) is 0 Å². The van der Waals surface area contributed by atoms with E-state index in [0.29, 0.717) is 6.42 Å². The fourth-order valence-electron chi connectivity index (χ4n) is 1.60. The van der Waals surface area contributed by atoms with Crippen molar-refractivity contribution >= 4 is 17.4 Å². The van der Waals surface area contributed by atoms with Crippen molar-refractivity contribution < 1.29 is 5.11 Å². The quantitative estimate of drug-likeness (QED) is 0.783. The molecule has 0 spiro atoms. The van der Waals surface area contributed by atoms with Gasteiger partial charge in [-0.25, -0.2) is 4.98 Å². The van der Waals surface area contributed by atoms with Gasteiger partial charge in [0, 0.05) is 5.38 Å². The lowest BCUT2D eigenvalue weighted by Gasteiger charge is -2.09. The minimum atomic E-state index is -0.450. The maximum Gasteiger partial charge on any atom is 0.0901 e. The summed E-state index contributed by atoms with van der Waals surface area (Å²) >= 11 is 1.62. The van der Waals surface area contributed by atoms with E-state index in [4.69, 9.17) is 0 Å². The number of nitrogens with zero attached hydrogens (tertiary/aromatic N) is 1. The van der Waals surface area contributed by atoms with Gasteiger partial charge < -0.3 is 5.11 Å². The Bertz CT molecular complexity index is 457. The van der Waals surface area contributed by atoms with Crippen LogP contribution in [0, 0.1) is 6.92 Å². The molecule has 0 amide bonds. The first-order chi connectivity index (χ1) is 8.56. The normalized spacial score (nSPS) is 14.7. The van der Waals surface area contributed by atoms with E-state index in [1.807, 2.05) is 37.5 Å². The first kappa shape index (κ1) is 14.9. The summed E-state index contributed by atoms with van der Waals surface area (Å²) < 4.78 is 0. The lowest BCUT2D eigenvalue weighted by molar-refractivity contribution is 0.215. The van der Waals surface area contributed by atoms with Gasteiger partial charge in [0.25, 0.3) is 0 Å². The number of aliphatic hydroxyl groups excluding tert-OH is 1. The van der Waals surface area contributed by atoms with E-state index < -0.39 is 6.10 Å². The van der Waals surface area contributed by atoms with E-state index >= 15 is 0 Å². The zero-order valence-electron chi connectivity index (χ0n) is 11.3. The highest BCUT2D eigenvalue weighted by Crippen LogP contribution is 2.16. The fourth-order valence-corrected chi connectivity index (χ4v) is 2.17. The molecule has 1 aromatic rings. The Balaban J connectivity index is 2.66. The second-order valence-corrected chi connectivity index (χ2v) is 5.33. The van der Waals surface area contributed by atoms with Crippen molar-refractivity contribution in [2.45, 2.75) is 39.7 Å². The predicted molar refractivity (Wildman–Crippen MR) is 79.7 cm³/mol. The number of thiazole rings is 1. The maximum absolute atomic E-state index is 10.1. The molecular weight excluding hydrogens is 242 g/mol. The van der Waals surface area contributed by atoms with Gasteiger partial charge in [0.1, 0.15) is 0 Å². The van der Waals surface area contributed by atoms with Crippen LogP contribution in [0.4, 0.5) is 0 Å². The molecule has 0 saturated heterocycles. The van der Waals surface area contributed by atoms with Crippen LogP contribution in [0.2, 0.25) is 0 Å². The SMILES string of the molecule is C=C/C(=C\CC(O)/C(C)=C/c1csc(C)n1)CC. The van der Waals surface area contributed by atoms with Gasteiger partial charge in [-0.2, -0.15) is 0 Å². The van der Waals surface area contributed by atoms with Gasteiger partial charge in [-0.3, -0.25) is 0 Å². The zero-order chi connectivity index (χ0) is 13.5. The average molecular weight is 263 g/mol. The number of allylic oxidation sites excluding steroid dienone is 2. The minimum absolute atomic E-state index is 0.450. The zero-order valence-corrected chi connectivity index (χ0v) is 12.1. The molecule has 2 nitrogen and oxygen atoms in total. The Kier molecular flexibility index (Phi) is 6.02. The summed E-state index contributed by atoms with van der Waals surface area (Å²) in [5.74, 6) is 0. The van der Waals surface area contributed by atoms with Crippen LogP contribution in [-0.4, -0.2) is 16.2 Å². The Morgan fingerprint density at radius 3 is 2.83 bits per heavy atom. The topological polar surface area (TPSA) is 33.1 Å². The molecule has 0 aliphatic heterocycles. The summed E-state index contributed by atoms with van der Waals surface area (Å²) in [7, 11) is 0. The van der Waals surface area contributed by atoms with Crippen LogP contribution < -0.4 is 0 Å². The Hall–Kier alpha value is -1.19. The number of aromatic nitrogens is 1. The lowest BCUT2D eigenvalue weighted by atomic mass is 10.0. The molecule has 3 heteroatoms. The molecule has 0 aliphatic carbocycles. The van der Waals surface area contributed by atoms with E-state index in [1.54, 1.807) is 11.3 Å². The number of aryl methyl sites for hydroxylation is 1. The maximum atomic E-state index is 10.1. The molecule has 0 aliphatic rings. The van der Waals surface area contributed by atoms with E-state index in [0.717, 1.165) is 22.7 Å². The number of rotatable bonds is 6. The average Bonchev–Trinajstić information content (AvgIpc) is 2.75. The minimum Gasteiger partial charge on any atom is -0.388 e. The molecular formula is C15H21NOS. The van der Waals surface area contributed by atoms with Gasteiger partial charge in [-0.1, -0.05) is 31.2 Å². The predicted octanol–water partition coefficient (Wildman–Crippen LogP) is 4.13. The second kappa shape index (κ2) is 7.29. The first-order valence-corrected chi connectivity index (χ1v) is 7.04. The molecule has 0 bridgehead atoms. The largest absolute Gasteiger partial charge is 0.388 e. The summed E-state index contributed by atoms with van der Waals surface area (Å²) in [5.41, 5.74) is 3.04. The number of hydrogen-bond donors (Lipinski definition) is 1. The van der Waals surface area contributed by atoms with Gasteiger partial charge in [-0.05, 0) is 38.3 Å². The molecule has 0 radical (unpaired) electrons. The highest BCUT2D eigenvalue weighted by Gasteiger charge is 2.06. The Morgan fingerprint density at radius 2 is 2.33 bits per heavy atom. The summed E-state index contributed by atoms with van der Waals surface area (Å²) in [6.07, 6.45) is 6.96. The van der Waals surface area contributed by atoms with Crippen molar-refractivity contribution in [3.05, 3.63) is 46.0 Å². The Morgan fingerprint density at radius 1 is 1.61 bits per heavy atom. The van der Waals surface area contributed by atoms with Crippen LogP contribution in [0.3, 0.4) is 0 Å².